The fourth-order valence-electron chi connectivity index (χ4n) is 1.37. The van der Waals surface area contributed by atoms with Gasteiger partial charge in [-0.05, 0) is 23.8 Å². The van der Waals surface area contributed by atoms with E-state index in [0.29, 0.717) is 15.6 Å². The molecule has 0 saturated carbocycles. The fraction of sp³-hybridized carbons (Fsp3) is 0.0909. The van der Waals surface area contributed by atoms with Crippen molar-refractivity contribution in [1.29, 1.82) is 0 Å². The Labute approximate surface area is 120 Å². The van der Waals surface area contributed by atoms with E-state index in [4.69, 9.17) is 23.2 Å². The van der Waals surface area contributed by atoms with Crippen molar-refractivity contribution in [2.45, 2.75) is 5.75 Å². The molecule has 0 amide bonds. The molecule has 0 radical (unpaired) electrons. The van der Waals surface area contributed by atoms with Crippen LogP contribution < -0.4 is 4.72 Å². The van der Waals surface area contributed by atoms with Crippen LogP contribution in [-0.2, 0) is 15.8 Å². The lowest BCUT2D eigenvalue weighted by molar-refractivity contribution is 0.600. The highest BCUT2D eigenvalue weighted by Gasteiger charge is 2.15. The van der Waals surface area contributed by atoms with Crippen LogP contribution in [0.1, 0.15) is 5.56 Å². The third kappa shape index (κ3) is 4.05. The largest absolute Gasteiger partial charge is 0.251 e. The number of nitrogens with one attached hydrogen (secondary N) is 1. The molecule has 0 fully saturated rings. The molecule has 0 aliphatic heterocycles. The molecule has 2 rings (SSSR count). The van der Waals surface area contributed by atoms with Gasteiger partial charge in [0.15, 0.2) is 0 Å². The van der Waals surface area contributed by atoms with Crippen LogP contribution in [0.3, 0.4) is 0 Å². The molecule has 0 spiro atoms. The third-order valence-corrected chi connectivity index (χ3v) is 3.94. The first-order valence-electron chi connectivity index (χ1n) is 5.18. The van der Waals surface area contributed by atoms with Gasteiger partial charge < -0.3 is 0 Å². The van der Waals surface area contributed by atoms with Gasteiger partial charge in [-0.25, -0.2) is 18.4 Å². The SMILES string of the molecule is O=S(=O)(Cc1ccc(Cl)cc1Cl)Nc1ncccn1. The molecule has 1 heterocycles. The van der Waals surface area contributed by atoms with Crippen LogP contribution in [0.5, 0.6) is 0 Å². The molecule has 0 saturated heterocycles. The minimum atomic E-state index is -3.63. The number of rotatable bonds is 4. The molecule has 1 aromatic heterocycles. The average molecular weight is 318 g/mol. The summed E-state index contributed by atoms with van der Waals surface area (Å²) in [6, 6.07) is 6.23. The van der Waals surface area contributed by atoms with Crippen LogP contribution in [0, 0.1) is 0 Å². The summed E-state index contributed by atoms with van der Waals surface area (Å²) in [4.78, 5) is 7.57. The summed E-state index contributed by atoms with van der Waals surface area (Å²) >= 11 is 11.7. The molecular weight excluding hydrogens is 309 g/mol. The minimum Gasteiger partial charge on any atom is -0.251 e. The molecule has 0 aliphatic rings. The van der Waals surface area contributed by atoms with Gasteiger partial charge in [-0.2, -0.15) is 0 Å². The second kappa shape index (κ2) is 5.73. The molecule has 100 valence electrons. The Morgan fingerprint density at radius 1 is 1.16 bits per heavy atom. The number of nitrogens with zero attached hydrogens (tertiary/aromatic N) is 2. The molecule has 8 heteroatoms. The number of halogens is 2. The van der Waals surface area contributed by atoms with E-state index in [-0.39, 0.29) is 11.7 Å². The Morgan fingerprint density at radius 3 is 2.47 bits per heavy atom. The number of hydrogen-bond donors (Lipinski definition) is 1. The molecule has 0 aliphatic carbocycles. The van der Waals surface area contributed by atoms with Crippen molar-refractivity contribution in [2.75, 3.05) is 4.72 Å². The quantitative estimate of drug-likeness (QED) is 0.941. The summed E-state index contributed by atoms with van der Waals surface area (Å²) in [6.07, 6.45) is 2.89. The molecular formula is C11H9Cl2N3O2S. The average Bonchev–Trinajstić information content (AvgIpc) is 2.33. The Hall–Kier alpha value is -1.37. The molecule has 2 aromatic rings. The Bertz CT molecular complexity index is 678. The lowest BCUT2D eigenvalue weighted by Crippen LogP contribution is -2.16. The molecule has 5 nitrogen and oxygen atoms in total. The smallest absolute Gasteiger partial charge is 0.239 e. The number of aromatic nitrogens is 2. The van der Waals surface area contributed by atoms with Gasteiger partial charge in [0.2, 0.25) is 16.0 Å². The van der Waals surface area contributed by atoms with E-state index in [9.17, 15) is 8.42 Å². The zero-order valence-corrected chi connectivity index (χ0v) is 11.9. The van der Waals surface area contributed by atoms with E-state index in [1.54, 1.807) is 18.2 Å². The molecule has 1 aromatic carbocycles. The van der Waals surface area contributed by atoms with E-state index < -0.39 is 10.0 Å². The van der Waals surface area contributed by atoms with E-state index in [1.807, 2.05) is 0 Å². The standard InChI is InChI=1S/C11H9Cl2N3O2S/c12-9-3-2-8(10(13)6-9)7-19(17,18)16-11-14-4-1-5-15-11/h1-6H,7H2,(H,14,15,16). The first-order valence-corrected chi connectivity index (χ1v) is 7.58. The predicted octanol–water partition coefficient (Wildman–Crippen LogP) is 2.73. The van der Waals surface area contributed by atoms with Crippen LogP contribution in [0.4, 0.5) is 5.95 Å². The normalized spacial score (nSPS) is 11.3. The summed E-state index contributed by atoms with van der Waals surface area (Å²) in [7, 11) is -3.63. The maximum atomic E-state index is 11.9. The summed E-state index contributed by atoms with van der Waals surface area (Å²) in [5, 5.41) is 0.748. The van der Waals surface area contributed by atoms with E-state index in [1.165, 1.54) is 18.5 Å². The van der Waals surface area contributed by atoms with Gasteiger partial charge in [0.05, 0.1) is 5.75 Å². The van der Waals surface area contributed by atoms with Crippen molar-refractivity contribution in [2.24, 2.45) is 0 Å². The van der Waals surface area contributed by atoms with E-state index in [0.717, 1.165) is 0 Å². The van der Waals surface area contributed by atoms with Crippen molar-refractivity contribution in [3.63, 3.8) is 0 Å². The van der Waals surface area contributed by atoms with Gasteiger partial charge in [0, 0.05) is 22.4 Å². The Morgan fingerprint density at radius 2 is 1.84 bits per heavy atom. The van der Waals surface area contributed by atoms with Crippen molar-refractivity contribution in [1.82, 2.24) is 9.97 Å². The lowest BCUT2D eigenvalue weighted by atomic mass is 10.2. The lowest BCUT2D eigenvalue weighted by Gasteiger charge is -2.07. The summed E-state index contributed by atoms with van der Waals surface area (Å²) in [6.45, 7) is 0. The fourth-order valence-corrected chi connectivity index (χ4v) is 3.04. The van der Waals surface area contributed by atoms with E-state index in [2.05, 4.69) is 14.7 Å². The van der Waals surface area contributed by atoms with Crippen LogP contribution in [-0.4, -0.2) is 18.4 Å². The first kappa shape index (κ1) is 14.0. The van der Waals surface area contributed by atoms with Gasteiger partial charge in [0.25, 0.3) is 0 Å². The van der Waals surface area contributed by atoms with Gasteiger partial charge in [-0.15, -0.1) is 0 Å². The third-order valence-electron chi connectivity index (χ3n) is 2.17. The zero-order valence-electron chi connectivity index (χ0n) is 9.55. The number of benzene rings is 1. The van der Waals surface area contributed by atoms with Crippen molar-refractivity contribution in [3.8, 4) is 0 Å². The topological polar surface area (TPSA) is 72.0 Å². The van der Waals surface area contributed by atoms with Crippen LogP contribution in [0.15, 0.2) is 36.7 Å². The molecule has 0 atom stereocenters. The van der Waals surface area contributed by atoms with Crippen LogP contribution in [0.2, 0.25) is 10.0 Å². The summed E-state index contributed by atoms with van der Waals surface area (Å²) in [5.74, 6) is -0.256. The van der Waals surface area contributed by atoms with Crippen molar-refractivity contribution in [3.05, 3.63) is 52.3 Å². The summed E-state index contributed by atoms with van der Waals surface area (Å²) < 4.78 is 26.1. The van der Waals surface area contributed by atoms with Gasteiger partial charge in [0.1, 0.15) is 0 Å². The highest BCUT2D eigenvalue weighted by Crippen LogP contribution is 2.23. The van der Waals surface area contributed by atoms with Crippen molar-refractivity contribution < 1.29 is 8.42 Å². The monoisotopic (exact) mass is 317 g/mol. The number of anilines is 1. The van der Waals surface area contributed by atoms with Gasteiger partial charge in [-0.3, -0.25) is 4.72 Å². The van der Waals surface area contributed by atoms with Crippen LogP contribution >= 0.6 is 23.2 Å². The highest BCUT2D eigenvalue weighted by molar-refractivity contribution is 7.91. The predicted molar refractivity (Wildman–Crippen MR) is 74.7 cm³/mol. The van der Waals surface area contributed by atoms with Gasteiger partial charge in [-0.1, -0.05) is 29.3 Å². The maximum Gasteiger partial charge on any atom is 0.239 e. The Kier molecular flexibility index (Phi) is 4.24. The minimum absolute atomic E-state index is 0.0209. The zero-order chi connectivity index (χ0) is 13.9. The number of sulfonamides is 1. The van der Waals surface area contributed by atoms with Crippen LogP contribution in [0.25, 0.3) is 0 Å². The second-order valence-electron chi connectivity index (χ2n) is 3.67. The highest BCUT2D eigenvalue weighted by atomic mass is 35.5. The molecule has 1 N–H and O–H groups in total. The maximum absolute atomic E-state index is 11.9. The van der Waals surface area contributed by atoms with Gasteiger partial charge >= 0.3 is 0 Å². The van der Waals surface area contributed by atoms with E-state index >= 15 is 0 Å². The molecule has 19 heavy (non-hydrogen) atoms. The molecule has 0 bridgehead atoms. The summed E-state index contributed by atoms with van der Waals surface area (Å²) in [5.41, 5.74) is 0.453. The van der Waals surface area contributed by atoms with Crippen molar-refractivity contribution >= 4 is 39.2 Å². The number of hydrogen-bond acceptors (Lipinski definition) is 4. The first-order chi connectivity index (χ1) is 8.96. The Balaban J connectivity index is 2.17. The second-order valence-corrected chi connectivity index (χ2v) is 6.24. The molecule has 0 unspecified atom stereocenters.